The van der Waals surface area contributed by atoms with E-state index in [1.807, 2.05) is 30.3 Å². The van der Waals surface area contributed by atoms with Crippen LogP contribution in [0, 0.1) is 0 Å². The molecule has 3 nitrogen and oxygen atoms in total. The molecule has 0 aliphatic carbocycles. The lowest BCUT2D eigenvalue weighted by Crippen LogP contribution is -2.20. The molecule has 2 aromatic rings. The largest absolute Gasteiger partial charge is 0.310 e. The van der Waals surface area contributed by atoms with Crippen LogP contribution < -0.4 is 5.56 Å². The highest BCUT2D eigenvalue weighted by Crippen LogP contribution is 2.04. The number of pyridine rings is 1. The first-order chi connectivity index (χ1) is 8.16. The summed E-state index contributed by atoms with van der Waals surface area (Å²) in [4.78, 5) is 22.6. The van der Waals surface area contributed by atoms with Gasteiger partial charge in [0.2, 0.25) is 0 Å². The van der Waals surface area contributed by atoms with Gasteiger partial charge in [-0.3, -0.25) is 9.59 Å². The molecule has 0 atom stereocenters. The molecule has 0 unspecified atom stereocenters. The van der Waals surface area contributed by atoms with Crippen LogP contribution in [-0.4, -0.2) is 9.81 Å². The minimum absolute atomic E-state index is 0.157. The maximum absolute atomic E-state index is 11.6. The highest BCUT2D eigenvalue weighted by molar-refractivity contribution is 6.67. The number of carbonyl (C=O) groups excluding carboxylic acids is 1. The molecular formula is C13H10ClNO2. The molecule has 0 aliphatic heterocycles. The second kappa shape index (κ2) is 4.97. The molecule has 0 spiro atoms. The summed E-state index contributed by atoms with van der Waals surface area (Å²) in [5.74, 6) is 0. The summed E-state index contributed by atoms with van der Waals surface area (Å²) in [5, 5.41) is -0.563. The van der Waals surface area contributed by atoms with Crippen LogP contribution in [0.2, 0.25) is 0 Å². The summed E-state index contributed by atoms with van der Waals surface area (Å²) < 4.78 is 1.46. The zero-order chi connectivity index (χ0) is 12.3. The normalized spacial score (nSPS) is 10.2. The molecule has 0 aliphatic rings. The first-order valence-corrected chi connectivity index (χ1v) is 5.49. The molecule has 17 heavy (non-hydrogen) atoms. The maximum atomic E-state index is 11.6. The Morgan fingerprint density at radius 1 is 1.12 bits per heavy atom. The molecular weight excluding hydrogens is 238 g/mol. The molecule has 0 saturated heterocycles. The number of aromatic nitrogens is 1. The van der Waals surface area contributed by atoms with Crippen LogP contribution >= 0.6 is 11.6 Å². The van der Waals surface area contributed by atoms with Crippen molar-refractivity contribution in [3.63, 3.8) is 0 Å². The smallest absolute Gasteiger partial charge is 0.253 e. The third kappa shape index (κ3) is 2.82. The first-order valence-electron chi connectivity index (χ1n) is 5.11. The minimum atomic E-state index is -0.563. The number of hydrogen-bond acceptors (Lipinski definition) is 2. The van der Waals surface area contributed by atoms with E-state index in [0.29, 0.717) is 12.1 Å². The Kier molecular flexibility index (Phi) is 3.40. The van der Waals surface area contributed by atoms with Crippen LogP contribution in [-0.2, 0) is 6.54 Å². The molecule has 4 heteroatoms. The van der Waals surface area contributed by atoms with E-state index in [9.17, 15) is 9.59 Å². The Hall–Kier alpha value is -1.87. The van der Waals surface area contributed by atoms with Crippen molar-refractivity contribution < 1.29 is 4.79 Å². The van der Waals surface area contributed by atoms with Gasteiger partial charge < -0.3 is 4.57 Å². The van der Waals surface area contributed by atoms with Crippen molar-refractivity contribution in [3.05, 3.63) is 70.1 Å². The van der Waals surface area contributed by atoms with Gasteiger partial charge in [-0.05, 0) is 23.2 Å². The van der Waals surface area contributed by atoms with Gasteiger partial charge in [0.25, 0.3) is 10.8 Å². The highest BCUT2D eigenvalue weighted by atomic mass is 35.5. The lowest BCUT2D eigenvalue weighted by atomic mass is 10.2. The maximum Gasteiger partial charge on any atom is 0.253 e. The van der Waals surface area contributed by atoms with Gasteiger partial charge in [-0.2, -0.15) is 0 Å². The molecule has 2 rings (SSSR count). The van der Waals surface area contributed by atoms with Gasteiger partial charge in [0.05, 0.1) is 12.1 Å². The average Bonchev–Trinajstić information content (AvgIpc) is 2.33. The van der Waals surface area contributed by atoms with Crippen molar-refractivity contribution in [3.8, 4) is 0 Å². The van der Waals surface area contributed by atoms with Crippen molar-refractivity contribution in [1.82, 2.24) is 4.57 Å². The summed E-state index contributed by atoms with van der Waals surface area (Å²) in [7, 11) is 0. The van der Waals surface area contributed by atoms with E-state index in [2.05, 4.69) is 0 Å². The Bertz CT molecular complexity index is 590. The molecule has 0 amide bonds. The Morgan fingerprint density at radius 3 is 2.47 bits per heavy atom. The van der Waals surface area contributed by atoms with Gasteiger partial charge in [-0.15, -0.1) is 0 Å². The molecule has 0 radical (unpaired) electrons. The number of hydrogen-bond donors (Lipinski definition) is 0. The Morgan fingerprint density at radius 2 is 1.82 bits per heavy atom. The zero-order valence-electron chi connectivity index (χ0n) is 8.97. The van der Waals surface area contributed by atoms with E-state index in [1.165, 1.54) is 22.9 Å². The molecule has 1 aromatic heterocycles. The van der Waals surface area contributed by atoms with E-state index >= 15 is 0 Å². The van der Waals surface area contributed by atoms with Crippen molar-refractivity contribution in [2.75, 3.05) is 0 Å². The monoisotopic (exact) mass is 247 g/mol. The summed E-state index contributed by atoms with van der Waals surface area (Å²) in [6.07, 6.45) is 1.48. The Labute approximate surface area is 103 Å². The molecule has 0 bridgehead atoms. The van der Waals surface area contributed by atoms with Crippen molar-refractivity contribution in [1.29, 1.82) is 0 Å². The lowest BCUT2D eigenvalue weighted by Gasteiger charge is -2.06. The van der Waals surface area contributed by atoms with E-state index in [-0.39, 0.29) is 5.56 Å². The van der Waals surface area contributed by atoms with Crippen molar-refractivity contribution >= 4 is 16.8 Å². The Balaban J connectivity index is 2.36. The van der Waals surface area contributed by atoms with E-state index < -0.39 is 5.24 Å². The summed E-state index contributed by atoms with van der Waals surface area (Å²) in [6, 6.07) is 12.3. The zero-order valence-corrected chi connectivity index (χ0v) is 9.72. The topological polar surface area (TPSA) is 39.1 Å². The predicted molar refractivity (Wildman–Crippen MR) is 66.4 cm³/mol. The van der Waals surface area contributed by atoms with Crippen molar-refractivity contribution in [2.24, 2.45) is 0 Å². The number of nitrogens with zero attached hydrogens (tertiary/aromatic N) is 1. The number of carbonyl (C=O) groups is 1. The lowest BCUT2D eigenvalue weighted by molar-refractivity contribution is 0.108. The van der Waals surface area contributed by atoms with Crippen LogP contribution in [0.5, 0.6) is 0 Å². The van der Waals surface area contributed by atoms with E-state index in [1.54, 1.807) is 0 Å². The molecule has 1 aromatic carbocycles. The van der Waals surface area contributed by atoms with E-state index in [0.717, 1.165) is 5.56 Å². The minimum Gasteiger partial charge on any atom is -0.310 e. The third-order valence-electron chi connectivity index (χ3n) is 2.41. The fourth-order valence-corrected chi connectivity index (χ4v) is 1.66. The van der Waals surface area contributed by atoms with Crippen molar-refractivity contribution in [2.45, 2.75) is 6.54 Å². The SMILES string of the molecule is O=C(Cl)c1ccc(=O)n(Cc2ccccc2)c1. The number of benzene rings is 1. The second-order valence-corrected chi connectivity index (χ2v) is 3.99. The van der Waals surface area contributed by atoms with Gasteiger partial charge in [-0.1, -0.05) is 30.3 Å². The predicted octanol–water partition coefficient (Wildman–Crippen LogP) is 2.28. The quantitative estimate of drug-likeness (QED) is 0.781. The number of rotatable bonds is 3. The highest BCUT2D eigenvalue weighted by Gasteiger charge is 2.04. The van der Waals surface area contributed by atoms with E-state index in [4.69, 9.17) is 11.6 Å². The van der Waals surface area contributed by atoms with Crippen LogP contribution in [0.4, 0.5) is 0 Å². The first kappa shape index (κ1) is 11.6. The fourth-order valence-electron chi connectivity index (χ4n) is 1.55. The molecule has 0 N–H and O–H groups in total. The van der Waals surface area contributed by atoms with Gasteiger partial charge >= 0.3 is 0 Å². The van der Waals surface area contributed by atoms with Gasteiger partial charge in [0.15, 0.2) is 0 Å². The third-order valence-corrected chi connectivity index (χ3v) is 2.62. The van der Waals surface area contributed by atoms with Crippen LogP contribution in [0.15, 0.2) is 53.5 Å². The molecule has 0 saturated carbocycles. The number of halogens is 1. The van der Waals surface area contributed by atoms with Gasteiger partial charge in [0, 0.05) is 12.3 Å². The summed E-state index contributed by atoms with van der Waals surface area (Å²) >= 11 is 5.38. The molecule has 1 heterocycles. The standard InChI is InChI=1S/C13H10ClNO2/c14-13(17)11-6-7-12(16)15(9-11)8-10-4-2-1-3-5-10/h1-7,9H,8H2. The average molecular weight is 248 g/mol. The molecule has 86 valence electrons. The summed E-state index contributed by atoms with van der Waals surface area (Å²) in [5.41, 5.74) is 1.16. The van der Waals surface area contributed by atoms with Crippen LogP contribution in [0.3, 0.4) is 0 Å². The van der Waals surface area contributed by atoms with Crippen LogP contribution in [0.25, 0.3) is 0 Å². The van der Waals surface area contributed by atoms with Gasteiger partial charge in [0.1, 0.15) is 0 Å². The molecule has 0 fully saturated rings. The van der Waals surface area contributed by atoms with Gasteiger partial charge in [-0.25, -0.2) is 0 Å². The summed E-state index contributed by atoms with van der Waals surface area (Å²) in [6.45, 7) is 0.428. The fraction of sp³-hybridized carbons (Fsp3) is 0.0769. The second-order valence-electron chi connectivity index (χ2n) is 3.64. The van der Waals surface area contributed by atoms with Crippen LogP contribution in [0.1, 0.15) is 15.9 Å².